The highest BCUT2D eigenvalue weighted by Crippen LogP contribution is 2.54. The number of hydrogen-bond donors (Lipinski definition) is 0. The lowest BCUT2D eigenvalue weighted by molar-refractivity contribution is 0.173. The molecule has 1 aromatic rings. The summed E-state index contributed by atoms with van der Waals surface area (Å²) < 4.78 is 0. The maximum Gasteiger partial charge on any atom is 0.0465 e. The Morgan fingerprint density at radius 3 is 2.65 bits per heavy atom. The van der Waals surface area contributed by atoms with Crippen LogP contribution >= 0.6 is 0 Å². The van der Waals surface area contributed by atoms with Gasteiger partial charge in [-0.05, 0) is 48.4 Å². The number of likely N-dealkylation sites (N-methyl/N-ethyl adjacent to an activating group) is 1. The van der Waals surface area contributed by atoms with E-state index in [1.165, 1.54) is 32.4 Å². The van der Waals surface area contributed by atoms with Gasteiger partial charge >= 0.3 is 0 Å². The summed E-state index contributed by atoms with van der Waals surface area (Å²) in [5.41, 5.74) is 5.35. The molecule has 92 valence electrons. The first-order valence-electron chi connectivity index (χ1n) is 7.06. The van der Waals surface area contributed by atoms with Crippen molar-refractivity contribution in [3.8, 4) is 0 Å². The van der Waals surface area contributed by atoms with E-state index in [0.717, 1.165) is 0 Å². The van der Waals surface area contributed by atoms with Gasteiger partial charge in [0.2, 0.25) is 0 Å². The summed E-state index contributed by atoms with van der Waals surface area (Å²) in [6.07, 6.45) is 3.99. The topological polar surface area (TPSA) is 3.24 Å². The van der Waals surface area contributed by atoms with Crippen LogP contribution in [0.4, 0.5) is 0 Å². The molecular weight excluding hydrogens is 206 g/mol. The second-order valence-corrected chi connectivity index (χ2v) is 5.89. The van der Waals surface area contributed by atoms with E-state index < -0.39 is 0 Å². The second-order valence-electron chi connectivity index (χ2n) is 5.89. The molecule has 0 saturated heterocycles. The van der Waals surface area contributed by atoms with E-state index in [-0.39, 0.29) is 0 Å². The van der Waals surface area contributed by atoms with Gasteiger partial charge in [0.05, 0.1) is 0 Å². The number of rotatable bonds is 2. The Morgan fingerprint density at radius 1 is 1.29 bits per heavy atom. The smallest absolute Gasteiger partial charge is 0.0465 e. The summed E-state index contributed by atoms with van der Waals surface area (Å²) >= 11 is 0. The molecule has 1 saturated carbocycles. The minimum atomic E-state index is 0.438. The average Bonchev–Trinajstić information content (AvgIpc) is 3.10. The lowest BCUT2D eigenvalue weighted by Gasteiger charge is -2.38. The van der Waals surface area contributed by atoms with Gasteiger partial charge in [0.1, 0.15) is 0 Å². The van der Waals surface area contributed by atoms with Crippen LogP contribution in [-0.4, -0.2) is 18.0 Å². The Hall–Kier alpha value is -0.820. The van der Waals surface area contributed by atoms with E-state index in [2.05, 4.69) is 43.9 Å². The SMILES string of the molecule is CCN1CCc2c(C(C)C)cccc2C12CC2. The third-order valence-electron chi connectivity index (χ3n) is 4.68. The average molecular weight is 229 g/mol. The lowest BCUT2D eigenvalue weighted by Crippen LogP contribution is -2.41. The highest BCUT2D eigenvalue weighted by molar-refractivity contribution is 5.46. The first-order chi connectivity index (χ1) is 8.19. The maximum absolute atomic E-state index is 2.69. The van der Waals surface area contributed by atoms with Crippen molar-refractivity contribution in [1.82, 2.24) is 4.90 Å². The van der Waals surface area contributed by atoms with Gasteiger partial charge in [-0.3, -0.25) is 4.90 Å². The first kappa shape index (κ1) is 11.3. The van der Waals surface area contributed by atoms with Gasteiger partial charge in [-0.1, -0.05) is 39.0 Å². The predicted molar refractivity (Wildman–Crippen MR) is 72.4 cm³/mol. The van der Waals surface area contributed by atoms with E-state index in [1.807, 2.05) is 0 Å². The molecule has 3 rings (SSSR count). The van der Waals surface area contributed by atoms with E-state index in [0.29, 0.717) is 11.5 Å². The van der Waals surface area contributed by atoms with Crippen molar-refractivity contribution in [2.45, 2.75) is 51.5 Å². The standard InChI is InChI=1S/C16H23N/c1-4-17-11-8-14-13(12(2)3)6-5-7-15(14)16(17)9-10-16/h5-7,12H,4,8-11H2,1-3H3. The van der Waals surface area contributed by atoms with E-state index in [1.54, 1.807) is 16.7 Å². The Morgan fingerprint density at radius 2 is 2.06 bits per heavy atom. The van der Waals surface area contributed by atoms with Crippen molar-refractivity contribution in [2.24, 2.45) is 0 Å². The second kappa shape index (κ2) is 3.84. The molecule has 0 atom stereocenters. The molecule has 0 unspecified atom stereocenters. The number of nitrogens with zero attached hydrogens (tertiary/aromatic N) is 1. The zero-order chi connectivity index (χ0) is 12.0. The van der Waals surface area contributed by atoms with Crippen LogP contribution in [0.1, 0.15) is 56.2 Å². The summed E-state index contributed by atoms with van der Waals surface area (Å²) in [4.78, 5) is 2.69. The molecule has 1 aromatic carbocycles. The zero-order valence-corrected chi connectivity index (χ0v) is 11.3. The predicted octanol–water partition coefficient (Wildman–Crippen LogP) is 3.68. The summed E-state index contributed by atoms with van der Waals surface area (Å²) in [5, 5.41) is 0. The molecule has 1 spiro atoms. The normalized spacial score (nSPS) is 21.9. The molecule has 17 heavy (non-hydrogen) atoms. The van der Waals surface area contributed by atoms with Gasteiger partial charge in [0.15, 0.2) is 0 Å². The largest absolute Gasteiger partial charge is 0.294 e. The van der Waals surface area contributed by atoms with Crippen LogP contribution in [0, 0.1) is 0 Å². The maximum atomic E-state index is 2.69. The molecule has 1 nitrogen and oxygen atoms in total. The van der Waals surface area contributed by atoms with Crippen LogP contribution in [0.5, 0.6) is 0 Å². The molecule has 2 aliphatic rings. The summed E-state index contributed by atoms with van der Waals surface area (Å²) in [6.45, 7) is 9.40. The van der Waals surface area contributed by atoms with Crippen LogP contribution in [0.3, 0.4) is 0 Å². The highest BCUT2D eigenvalue weighted by Gasteiger charge is 2.51. The minimum Gasteiger partial charge on any atom is -0.294 e. The van der Waals surface area contributed by atoms with Crippen LogP contribution in [0.2, 0.25) is 0 Å². The van der Waals surface area contributed by atoms with Crippen molar-refractivity contribution in [3.05, 3.63) is 34.9 Å². The lowest BCUT2D eigenvalue weighted by atomic mass is 9.84. The van der Waals surface area contributed by atoms with Crippen molar-refractivity contribution in [2.75, 3.05) is 13.1 Å². The number of hydrogen-bond acceptors (Lipinski definition) is 1. The third kappa shape index (κ3) is 1.55. The molecule has 1 aliphatic carbocycles. The van der Waals surface area contributed by atoms with Crippen LogP contribution in [-0.2, 0) is 12.0 Å². The van der Waals surface area contributed by atoms with Gasteiger partial charge in [0, 0.05) is 12.1 Å². The molecule has 1 fully saturated rings. The molecule has 0 radical (unpaired) electrons. The summed E-state index contributed by atoms with van der Waals surface area (Å²) in [6, 6.07) is 6.99. The van der Waals surface area contributed by atoms with Gasteiger partial charge < -0.3 is 0 Å². The van der Waals surface area contributed by atoms with E-state index >= 15 is 0 Å². The summed E-state index contributed by atoms with van der Waals surface area (Å²) in [5.74, 6) is 0.661. The zero-order valence-electron chi connectivity index (χ0n) is 11.3. The Labute approximate surface area is 105 Å². The molecule has 0 bridgehead atoms. The number of benzene rings is 1. The van der Waals surface area contributed by atoms with E-state index in [4.69, 9.17) is 0 Å². The van der Waals surface area contributed by atoms with Crippen molar-refractivity contribution < 1.29 is 0 Å². The Kier molecular flexibility index (Phi) is 2.55. The number of fused-ring (bicyclic) bond motifs is 2. The molecule has 0 N–H and O–H groups in total. The molecule has 1 heteroatoms. The molecule has 1 heterocycles. The Balaban J connectivity index is 2.10. The van der Waals surface area contributed by atoms with Crippen LogP contribution < -0.4 is 0 Å². The van der Waals surface area contributed by atoms with Crippen molar-refractivity contribution >= 4 is 0 Å². The quantitative estimate of drug-likeness (QED) is 0.748. The molecular formula is C16H23N. The van der Waals surface area contributed by atoms with Gasteiger partial charge in [-0.25, -0.2) is 0 Å². The fourth-order valence-electron chi connectivity index (χ4n) is 3.66. The minimum absolute atomic E-state index is 0.438. The Bertz CT molecular complexity index is 429. The highest BCUT2D eigenvalue weighted by atomic mass is 15.2. The first-order valence-corrected chi connectivity index (χ1v) is 7.06. The molecule has 0 amide bonds. The van der Waals surface area contributed by atoms with Crippen molar-refractivity contribution in [1.29, 1.82) is 0 Å². The summed E-state index contributed by atoms with van der Waals surface area (Å²) in [7, 11) is 0. The molecule has 1 aliphatic heterocycles. The van der Waals surface area contributed by atoms with Crippen LogP contribution in [0.25, 0.3) is 0 Å². The molecule has 0 aromatic heterocycles. The van der Waals surface area contributed by atoms with E-state index in [9.17, 15) is 0 Å². The van der Waals surface area contributed by atoms with Gasteiger partial charge in [-0.15, -0.1) is 0 Å². The van der Waals surface area contributed by atoms with Crippen molar-refractivity contribution in [3.63, 3.8) is 0 Å². The monoisotopic (exact) mass is 229 g/mol. The van der Waals surface area contributed by atoms with Gasteiger partial charge in [-0.2, -0.15) is 0 Å². The third-order valence-corrected chi connectivity index (χ3v) is 4.68. The fourth-order valence-corrected chi connectivity index (χ4v) is 3.66. The van der Waals surface area contributed by atoms with Crippen LogP contribution in [0.15, 0.2) is 18.2 Å². The fraction of sp³-hybridized carbons (Fsp3) is 0.625. The van der Waals surface area contributed by atoms with Gasteiger partial charge in [0.25, 0.3) is 0 Å².